The number of carbonyl (C=O) groups excluding carboxylic acids is 1. The van der Waals surface area contributed by atoms with Crippen LogP contribution >= 0.6 is 11.3 Å². The van der Waals surface area contributed by atoms with Gasteiger partial charge in [0.05, 0.1) is 0 Å². The molecule has 26 heavy (non-hydrogen) atoms. The molecule has 0 aliphatic rings. The molecule has 3 aromatic rings. The number of anilines is 1. The van der Waals surface area contributed by atoms with Gasteiger partial charge in [-0.15, -0.1) is 11.3 Å². The fourth-order valence-corrected chi connectivity index (χ4v) is 3.20. The number of hydrogen-bond donors (Lipinski definition) is 2. The van der Waals surface area contributed by atoms with E-state index in [4.69, 9.17) is 4.74 Å². The van der Waals surface area contributed by atoms with E-state index >= 15 is 0 Å². The van der Waals surface area contributed by atoms with Crippen molar-refractivity contribution in [3.05, 3.63) is 76.5 Å². The minimum absolute atomic E-state index is 0.0841. The Kier molecular flexibility index (Phi) is 6.41. The van der Waals surface area contributed by atoms with Crippen molar-refractivity contribution in [3.8, 4) is 11.5 Å². The Hall–Kier alpha value is -2.63. The molecule has 0 saturated heterocycles. The van der Waals surface area contributed by atoms with Crippen molar-refractivity contribution in [2.45, 2.75) is 19.9 Å². The highest BCUT2D eigenvalue weighted by atomic mass is 32.1. The van der Waals surface area contributed by atoms with Crippen LogP contribution in [0.15, 0.2) is 66.0 Å². The van der Waals surface area contributed by atoms with Gasteiger partial charge < -0.3 is 15.4 Å². The van der Waals surface area contributed by atoms with Crippen molar-refractivity contribution in [2.75, 3.05) is 11.9 Å². The second-order valence-corrected chi connectivity index (χ2v) is 6.99. The number of amides is 1. The molecule has 1 heterocycles. The summed E-state index contributed by atoms with van der Waals surface area (Å²) in [5.74, 6) is 1.45. The Morgan fingerprint density at radius 2 is 1.69 bits per heavy atom. The third-order valence-electron chi connectivity index (χ3n) is 3.80. The van der Waals surface area contributed by atoms with Gasteiger partial charge in [-0.25, -0.2) is 0 Å². The van der Waals surface area contributed by atoms with Gasteiger partial charge in [0.2, 0.25) is 5.91 Å². The standard InChI is InChI=1S/C21H22N2O2S/c1-16(24)23-18-6-10-20(11-7-18)25-19-8-4-17(5-9-19)12-13-22-15-21-3-2-14-26-21/h2-11,14,22H,12-13,15H2,1H3,(H,23,24). The highest BCUT2D eigenvalue weighted by Gasteiger charge is 2.01. The summed E-state index contributed by atoms with van der Waals surface area (Å²) in [7, 11) is 0. The first kappa shape index (κ1) is 18.2. The molecule has 0 saturated carbocycles. The molecule has 4 nitrogen and oxygen atoms in total. The van der Waals surface area contributed by atoms with Gasteiger partial charge in [0.15, 0.2) is 0 Å². The molecule has 0 bridgehead atoms. The largest absolute Gasteiger partial charge is 0.457 e. The summed E-state index contributed by atoms with van der Waals surface area (Å²) in [5.41, 5.74) is 2.03. The van der Waals surface area contributed by atoms with E-state index in [2.05, 4.69) is 40.3 Å². The zero-order valence-corrected chi connectivity index (χ0v) is 15.5. The van der Waals surface area contributed by atoms with Gasteiger partial charge in [0.25, 0.3) is 0 Å². The Morgan fingerprint density at radius 1 is 1.00 bits per heavy atom. The van der Waals surface area contributed by atoms with Crippen molar-refractivity contribution < 1.29 is 9.53 Å². The van der Waals surface area contributed by atoms with E-state index in [1.165, 1.54) is 17.4 Å². The van der Waals surface area contributed by atoms with E-state index in [0.717, 1.165) is 36.7 Å². The van der Waals surface area contributed by atoms with Crippen LogP contribution in [0, 0.1) is 0 Å². The molecule has 2 N–H and O–H groups in total. The Bertz CT molecular complexity index is 812. The molecule has 2 aromatic carbocycles. The van der Waals surface area contributed by atoms with Gasteiger partial charge in [-0.1, -0.05) is 18.2 Å². The lowest BCUT2D eigenvalue weighted by Crippen LogP contribution is -2.15. The maximum atomic E-state index is 11.0. The topological polar surface area (TPSA) is 50.4 Å². The molecule has 0 aliphatic heterocycles. The van der Waals surface area contributed by atoms with Crippen LogP contribution in [-0.4, -0.2) is 12.5 Å². The van der Waals surface area contributed by atoms with Gasteiger partial charge >= 0.3 is 0 Å². The monoisotopic (exact) mass is 366 g/mol. The maximum absolute atomic E-state index is 11.0. The van der Waals surface area contributed by atoms with E-state index in [0.29, 0.717) is 0 Å². The molecule has 0 unspecified atom stereocenters. The number of carbonyl (C=O) groups is 1. The van der Waals surface area contributed by atoms with Crippen molar-refractivity contribution in [1.82, 2.24) is 5.32 Å². The molecule has 3 rings (SSSR count). The first-order chi connectivity index (χ1) is 12.7. The van der Waals surface area contributed by atoms with Gasteiger partial charge in [-0.2, -0.15) is 0 Å². The molecule has 1 aromatic heterocycles. The smallest absolute Gasteiger partial charge is 0.221 e. The number of rotatable bonds is 8. The van der Waals surface area contributed by atoms with E-state index in [1.54, 1.807) is 11.3 Å². The number of hydrogen-bond acceptors (Lipinski definition) is 4. The Labute approximate surface area is 157 Å². The molecule has 0 fully saturated rings. The van der Waals surface area contributed by atoms with Crippen LogP contribution < -0.4 is 15.4 Å². The fraction of sp³-hybridized carbons (Fsp3) is 0.190. The molecule has 0 spiro atoms. The van der Waals surface area contributed by atoms with Crippen LogP contribution in [0.1, 0.15) is 17.4 Å². The average molecular weight is 366 g/mol. The van der Waals surface area contributed by atoms with E-state index in [-0.39, 0.29) is 5.91 Å². The van der Waals surface area contributed by atoms with Crippen molar-refractivity contribution in [3.63, 3.8) is 0 Å². The minimum atomic E-state index is -0.0841. The van der Waals surface area contributed by atoms with Crippen molar-refractivity contribution in [2.24, 2.45) is 0 Å². The summed E-state index contributed by atoms with van der Waals surface area (Å²) < 4.78 is 5.84. The lowest BCUT2D eigenvalue weighted by Gasteiger charge is -2.08. The first-order valence-corrected chi connectivity index (χ1v) is 9.44. The van der Waals surface area contributed by atoms with Crippen molar-refractivity contribution in [1.29, 1.82) is 0 Å². The van der Waals surface area contributed by atoms with Gasteiger partial charge in [-0.3, -0.25) is 4.79 Å². The highest BCUT2D eigenvalue weighted by molar-refractivity contribution is 7.09. The molecular weight excluding hydrogens is 344 g/mol. The van der Waals surface area contributed by atoms with Crippen molar-refractivity contribution >= 4 is 22.9 Å². The summed E-state index contributed by atoms with van der Waals surface area (Å²) in [6.45, 7) is 3.36. The second kappa shape index (κ2) is 9.17. The lowest BCUT2D eigenvalue weighted by atomic mass is 10.1. The Morgan fingerprint density at radius 3 is 2.31 bits per heavy atom. The maximum Gasteiger partial charge on any atom is 0.221 e. The van der Waals surface area contributed by atoms with Gasteiger partial charge in [-0.05, 0) is 66.4 Å². The summed E-state index contributed by atoms with van der Waals surface area (Å²) in [6.07, 6.45) is 0.983. The third-order valence-corrected chi connectivity index (χ3v) is 4.68. The van der Waals surface area contributed by atoms with E-state index in [9.17, 15) is 4.79 Å². The van der Waals surface area contributed by atoms with E-state index in [1.807, 2.05) is 36.4 Å². The quantitative estimate of drug-likeness (QED) is 0.561. The molecule has 1 amide bonds. The lowest BCUT2D eigenvalue weighted by molar-refractivity contribution is -0.114. The highest BCUT2D eigenvalue weighted by Crippen LogP contribution is 2.23. The molecule has 5 heteroatoms. The predicted molar refractivity (Wildman–Crippen MR) is 107 cm³/mol. The zero-order chi connectivity index (χ0) is 18.2. The molecule has 0 aliphatic carbocycles. The van der Waals surface area contributed by atoms with Crippen LogP contribution in [0.4, 0.5) is 5.69 Å². The Balaban J connectivity index is 1.45. The predicted octanol–water partition coefficient (Wildman–Crippen LogP) is 4.83. The second-order valence-electron chi connectivity index (χ2n) is 5.96. The fourth-order valence-electron chi connectivity index (χ4n) is 2.53. The normalized spacial score (nSPS) is 10.5. The van der Waals surface area contributed by atoms with Gasteiger partial charge in [0, 0.05) is 24.0 Å². The van der Waals surface area contributed by atoms with Crippen LogP contribution in [0.3, 0.4) is 0 Å². The summed E-state index contributed by atoms with van der Waals surface area (Å²) in [6, 6.07) is 19.7. The molecule has 0 atom stereocenters. The first-order valence-electron chi connectivity index (χ1n) is 8.56. The number of ether oxygens (including phenoxy) is 1. The summed E-state index contributed by atoms with van der Waals surface area (Å²) in [4.78, 5) is 12.4. The van der Waals surface area contributed by atoms with Crippen LogP contribution in [0.5, 0.6) is 11.5 Å². The van der Waals surface area contributed by atoms with Crippen LogP contribution in [0.2, 0.25) is 0 Å². The molecular formula is C21H22N2O2S. The third kappa shape index (κ3) is 5.72. The summed E-state index contributed by atoms with van der Waals surface area (Å²) >= 11 is 1.78. The van der Waals surface area contributed by atoms with Crippen LogP contribution in [0.25, 0.3) is 0 Å². The van der Waals surface area contributed by atoms with E-state index < -0.39 is 0 Å². The number of thiophene rings is 1. The molecule has 134 valence electrons. The SMILES string of the molecule is CC(=O)Nc1ccc(Oc2ccc(CCNCc3cccs3)cc2)cc1. The zero-order valence-electron chi connectivity index (χ0n) is 14.7. The minimum Gasteiger partial charge on any atom is -0.457 e. The van der Waals surface area contributed by atoms with Gasteiger partial charge in [0.1, 0.15) is 11.5 Å². The van der Waals surface area contributed by atoms with Crippen LogP contribution in [-0.2, 0) is 17.8 Å². The average Bonchev–Trinajstić information content (AvgIpc) is 3.15. The summed E-state index contributed by atoms with van der Waals surface area (Å²) in [5, 5.41) is 8.30. The number of benzene rings is 2. The number of nitrogens with one attached hydrogen (secondary N) is 2. The molecule has 0 radical (unpaired) electrons.